The fourth-order valence-electron chi connectivity index (χ4n) is 2.69. The number of halogens is 1. The zero-order chi connectivity index (χ0) is 22.4. The summed E-state index contributed by atoms with van der Waals surface area (Å²) in [5, 5.41) is 22.5. The highest BCUT2D eigenvalue weighted by Gasteiger charge is 2.21. The van der Waals surface area contributed by atoms with E-state index in [0.29, 0.717) is 22.5 Å². The van der Waals surface area contributed by atoms with Gasteiger partial charge in [-0.2, -0.15) is 4.80 Å². The Labute approximate surface area is 185 Å². The SMILES string of the molecule is CC(C)(C)OC(=O)C[C@H](CO)Cn1nnc(-c2ccc(Oc3ccc(Cl)cn3)cc2)n1. The second-order valence-electron chi connectivity index (χ2n) is 7.95. The molecule has 0 aliphatic carbocycles. The van der Waals surface area contributed by atoms with E-state index >= 15 is 0 Å². The van der Waals surface area contributed by atoms with Crippen LogP contribution in [0.1, 0.15) is 27.2 Å². The number of aliphatic hydroxyl groups is 1. The minimum Gasteiger partial charge on any atom is -0.460 e. The van der Waals surface area contributed by atoms with Crippen molar-refractivity contribution >= 4 is 17.6 Å². The van der Waals surface area contributed by atoms with Crippen molar-refractivity contribution in [3.8, 4) is 23.0 Å². The van der Waals surface area contributed by atoms with Crippen molar-refractivity contribution in [1.29, 1.82) is 0 Å². The molecule has 2 heterocycles. The molecular formula is C21H24ClN5O4. The lowest BCUT2D eigenvalue weighted by atomic mass is 10.1. The third kappa shape index (κ3) is 7.01. The van der Waals surface area contributed by atoms with Crippen molar-refractivity contribution in [2.24, 2.45) is 5.92 Å². The number of benzene rings is 1. The van der Waals surface area contributed by atoms with Gasteiger partial charge in [0.15, 0.2) is 0 Å². The number of hydrogen-bond acceptors (Lipinski definition) is 8. The highest BCUT2D eigenvalue weighted by molar-refractivity contribution is 6.30. The van der Waals surface area contributed by atoms with Crippen LogP contribution in [0.5, 0.6) is 11.6 Å². The van der Waals surface area contributed by atoms with Gasteiger partial charge in [0.1, 0.15) is 11.4 Å². The van der Waals surface area contributed by atoms with E-state index in [2.05, 4.69) is 20.4 Å². The van der Waals surface area contributed by atoms with Gasteiger partial charge in [-0.05, 0) is 56.3 Å². The first-order valence-corrected chi connectivity index (χ1v) is 10.1. The Morgan fingerprint density at radius 2 is 1.94 bits per heavy atom. The molecule has 3 aromatic rings. The molecule has 3 rings (SSSR count). The van der Waals surface area contributed by atoms with Crippen molar-refractivity contribution in [1.82, 2.24) is 25.2 Å². The van der Waals surface area contributed by atoms with Crippen molar-refractivity contribution in [2.45, 2.75) is 39.3 Å². The van der Waals surface area contributed by atoms with E-state index in [1.165, 1.54) is 11.0 Å². The predicted octanol–water partition coefficient (Wildman–Crippen LogP) is 3.52. The molecule has 0 amide bonds. The predicted molar refractivity (Wildman–Crippen MR) is 114 cm³/mol. The highest BCUT2D eigenvalue weighted by atomic mass is 35.5. The van der Waals surface area contributed by atoms with Crippen LogP contribution in [0.15, 0.2) is 42.6 Å². The molecule has 0 unspecified atom stereocenters. The maximum Gasteiger partial charge on any atom is 0.306 e. The van der Waals surface area contributed by atoms with Gasteiger partial charge in [0.05, 0.1) is 18.0 Å². The summed E-state index contributed by atoms with van der Waals surface area (Å²) >= 11 is 5.82. The molecular weight excluding hydrogens is 422 g/mol. The molecule has 0 radical (unpaired) electrons. The number of nitrogens with zero attached hydrogens (tertiary/aromatic N) is 5. The largest absolute Gasteiger partial charge is 0.460 e. The van der Waals surface area contributed by atoms with E-state index in [0.717, 1.165) is 5.56 Å². The zero-order valence-corrected chi connectivity index (χ0v) is 18.3. The molecule has 1 aromatic carbocycles. The van der Waals surface area contributed by atoms with Crippen LogP contribution < -0.4 is 4.74 Å². The summed E-state index contributed by atoms with van der Waals surface area (Å²) < 4.78 is 11.0. The van der Waals surface area contributed by atoms with Crippen LogP contribution in [0, 0.1) is 5.92 Å². The number of carbonyl (C=O) groups is 1. The molecule has 0 saturated carbocycles. The van der Waals surface area contributed by atoms with Crippen molar-refractivity contribution in [3.05, 3.63) is 47.6 Å². The molecule has 0 aliphatic heterocycles. The van der Waals surface area contributed by atoms with E-state index in [4.69, 9.17) is 21.1 Å². The number of pyridine rings is 1. The monoisotopic (exact) mass is 445 g/mol. The highest BCUT2D eigenvalue weighted by Crippen LogP contribution is 2.23. The van der Waals surface area contributed by atoms with Crippen LogP contribution in [0.4, 0.5) is 0 Å². The summed E-state index contributed by atoms with van der Waals surface area (Å²) in [6, 6.07) is 10.5. The van der Waals surface area contributed by atoms with Gasteiger partial charge in [0.25, 0.3) is 0 Å². The average molecular weight is 446 g/mol. The van der Waals surface area contributed by atoms with Gasteiger partial charge in [-0.25, -0.2) is 4.98 Å². The number of aliphatic hydroxyl groups excluding tert-OH is 1. The average Bonchev–Trinajstić information content (AvgIpc) is 3.17. The van der Waals surface area contributed by atoms with E-state index in [-0.39, 0.29) is 31.5 Å². The third-order valence-corrected chi connectivity index (χ3v) is 4.27. The molecule has 9 nitrogen and oxygen atoms in total. The Morgan fingerprint density at radius 3 is 2.55 bits per heavy atom. The lowest BCUT2D eigenvalue weighted by molar-refractivity contribution is -0.156. The molecule has 0 bridgehead atoms. The molecule has 0 fully saturated rings. The van der Waals surface area contributed by atoms with E-state index < -0.39 is 5.60 Å². The molecule has 10 heteroatoms. The number of rotatable bonds is 8. The van der Waals surface area contributed by atoms with Gasteiger partial charge in [-0.15, -0.1) is 10.2 Å². The maximum absolute atomic E-state index is 12.0. The molecule has 31 heavy (non-hydrogen) atoms. The lowest BCUT2D eigenvalue weighted by Crippen LogP contribution is -2.27. The summed E-state index contributed by atoms with van der Waals surface area (Å²) in [5.74, 6) is 0.701. The second-order valence-corrected chi connectivity index (χ2v) is 8.38. The van der Waals surface area contributed by atoms with Gasteiger partial charge in [0.2, 0.25) is 11.7 Å². The third-order valence-electron chi connectivity index (χ3n) is 4.04. The summed E-state index contributed by atoms with van der Waals surface area (Å²) in [6.07, 6.45) is 1.57. The Balaban J connectivity index is 1.60. The summed E-state index contributed by atoms with van der Waals surface area (Å²) in [5.41, 5.74) is 0.172. The molecule has 0 saturated heterocycles. The van der Waals surface area contributed by atoms with Crippen LogP contribution in [0.3, 0.4) is 0 Å². The number of hydrogen-bond donors (Lipinski definition) is 1. The lowest BCUT2D eigenvalue weighted by Gasteiger charge is -2.21. The van der Waals surface area contributed by atoms with Gasteiger partial charge < -0.3 is 14.6 Å². The van der Waals surface area contributed by atoms with Crippen LogP contribution in [-0.4, -0.2) is 48.5 Å². The normalized spacial score (nSPS) is 12.4. The van der Waals surface area contributed by atoms with Gasteiger partial charge in [-0.3, -0.25) is 4.79 Å². The first kappa shape index (κ1) is 22.6. The summed E-state index contributed by atoms with van der Waals surface area (Å²) in [4.78, 5) is 17.5. The Hall–Kier alpha value is -3.04. The maximum atomic E-state index is 12.0. The van der Waals surface area contributed by atoms with Crippen LogP contribution in [0.25, 0.3) is 11.4 Å². The van der Waals surface area contributed by atoms with Crippen LogP contribution >= 0.6 is 11.6 Å². The van der Waals surface area contributed by atoms with Crippen LogP contribution in [0.2, 0.25) is 5.02 Å². The van der Waals surface area contributed by atoms with Gasteiger partial charge in [0, 0.05) is 30.4 Å². The first-order chi connectivity index (χ1) is 14.7. The van der Waals surface area contributed by atoms with E-state index in [1.54, 1.807) is 57.2 Å². The Kier molecular flexibility index (Phi) is 7.19. The molecule has 2 aromatic heterocycles. The number of esters is 1. The summed E-state index contributed by atoms with van der Waals surface area (Å²) in [6.45, 7) is 5.44. The Bertz CT molecular complexity index is 1000. The molecule has 164 valence electrons. The van der Waals surface area contributed by atoms with Crippen molar-refractivity contribution in [2.75, 3.05) is 6.61 Å². The molecule has 0 aliphatic rings. The van der Waals surface area contributed by atoms with Crippen molar-refractivity contribution < 1.29 is 19.4 Å². The standard InChI is InChI=1S/C21H24ClN5O4/c1-21(2,3)31-19(29)10-14(13-28)12-27-25-20(24-26-27)15-4-7-17(8-5-15)30-18-9-6-16(22)11-23-18/h4-9,11,14,28H,10,12-13H2,1-3H3/t14-/m0/s1. The second kappa shape index (κ2) is 9.84. The summed E-state index contributed by atoms with van der Waals surface area (Å²) in [7, 11) is 0. The minimum absolute atomic E-state index is 0.0649. The van der Waals surface area contributed by atoms with E-state index in [9.17, 15) is 9.90 Å². The fraction of sp³-hybridized carbons (Fsp3) is 0.381. The number of ether oxygens (including phenoxy) is 2. The molecule has 1 atom stereocenters. The Morgan fingerprint density at radius 1 is 1.19 bits per heavy atom. The number of carbonyl (C=O) groups excluding carboxylic acids is 1. The zero-order valence-electron chi connectivity index (χ0n) is 17.5. The first-order valence-electron chi connectivity index (χ1n) is 9.72. The fourth-order valence-corrected chi connectivity index (χ4v) is 2.80. The van der Waals surface area contributed by atoms with E-state index in [1.807, 2.05) is 0 Å². The number of tetrazole rings is 1. The van der Waals surface area contributed by atoms with Gasteiger partial charge >= 0.3 is 5.97 Å². The topological polar surface area (TPSA) is 112 Å². The minimum atomic E-state index is -0.574. The van der Waals surface area contributed by atoms with Crippen LogP contribution in [-0.2, 0) is 16.1 Å². The molecule has 1 N–H and O–H groups in total. The smallest absolute Gasteiger partial charge is 0.306 e. The van der Waals surface area contributed by atoms with Crippen molar-refractivity contribution in [3.63, 3.8) is 0 Å². The molecule has 0 spiro atoms. The quantitative estimate of drug-likeness (QED) is 0.524. The number of aromatic nitrogens is 5. The van der Waals surface area contributed by atoms with Gasteiger partial charge in [-0.1, -0.05) is 11.6 Å².